The van der Waals surface area contributed by atoms with Crippen LogP contribution in [-0.2, 0) is 9.59 Å². The minimum atomic E-state index is -0.725. The van der Waals surface area contributed by atoms with E-state index in [-0.39, 0.29) is 27.8 Å². The number of hydrogen-bond donors (Lipinski definition) is 0. The molecule has 0 spiro atoms. The quantitative estimate of drug-likeness (QED) is 0.137. The van der Waals surface area contributed by atoms with Crippen LogP contribution in [0, 0.1) is 17.8 Å². The molecule has 2 fully saturated rings. The molecule has 10 heteroatoms. The van der Waals surface area contributed by atoms with Gasteiger partial charge in [-0.3, -0.25) is 19.2 Å². The largest absolute Gasteiger partial charge is 0.423 e. The first-order valence-corrected chi connectivity index (χ1v) is 14.4. The van der Waals surface area contributed by atoms with Crippen molar-refractivity contribution < 1.29 is 28.7 Å². The number of halogens is 2. The molecule has 8 nitrogen and oxygen atoms in total. The van der Waals surface area contributed by atoms with Crippen LogP contribution in [0.2, 0.25) is 5.02 Å². The second-order valence-corrected chi connectivity index (χ2v) is 11.6. The van der Waals surface area contributed by atoms with E-state index in [1.807, 2.05) is 6.92 Å². The molecule has 3 atom stereocenters. The summed E-state index contributed by atoms with van der Waals surface area (Å²) < 4.78 is 6.22. The molecular weight excluding hydrogens is 612 g/mol. The highest BCUT2D eigenvalue weighted by Crippen LogP contribution is 2.41. The summed E-state index contributed by atoms with van der Waals surface area (Å²) >= 11 is 9.60. The van der Waals surface area contributed by atoms with Gasteiger partial charge in [-0.25, -0.2) is 9.80 Å². The molecule has 0 bridgehead atoms. The molecule has 3 aromatic rings. The predicted octanol–water partition coefficient (Wildman–Crippen LogP) is 5.98. The summed E-state index contributed by atoms with van der Waals surface area (Å²) in [5.74, 6) is -3.30. The number of esters is 1. The van der Waals surface area contributed by atoms with Crippen LogP contribution in [0.1, 0.15) is 57.3 Å². The minimum Gasteiger partial charge on any atom is -0.423 e. The summed E-state index contributed by atoms with van der Waals surface area (Å²) in [6.07, 6.45) is 1.91. The second-order valence-electron chi connectivity index (χ2n) is 10.3. The van der Waals surface area contributed by atoms with Gasteiger partial charge < -0.3 is 4.74 Å². The maximum atomic E-state index is 13.7. The van der Waals surface area contributed by atoms with Crippen molar-refractivity contribution in [2.75, 3.05) is 6.54 Å². The summed E-state index contributed by atoms with van der Waals surface area (Å²) in [6.45, 7) is 1.47. The summed E-state index contributed by atoms with van der Waals surface area (Å²) in [4.78, 5) is 66.4. The fraction of sp³-hybridized carbons (Fsp3) is 0.258. The third-order valence-corrected chi connectivity index (χ3v) is 8.36. The van der Waals surface area contributed by atoms with Gasteiger partial charge in [0, 0.05) is 10.0 Å². The molecule has 1 aliphatic carbocycles. The van der Waals surface area contributed by atoms with E-state index in [4.69, 9.17) is 16.3 Å². The molecular formula is C31H26BrClN2O6. The maximum Gasteiger partial charge on any atom is 0.343 e. The highest BCUT2D eigenvalue weighted by atomic mass is 79.9. The molecule has 0 aromatic heterocycles. The monoisotopic (exact) mass is 636 g/mol. The molecule has 1 saturated carbocycles. The van der Waals surface area contributed by atoms with E-state index in [1.54, 1.807) is 36.4 Å². The zero-order chi connectivity index (χ0) is 29.3. The Morgan fingerprint density at radius 2 is 1.54 bits per heavy atom. The maximum absolute atomic E-state index is 13.7. The molecule has 0 unspecified atom stereocenters. The van der Waals surface area contributed by atoms with Gasteiger partial charge in [-0.2, -0.15) is 5.01 Å². The van der Waals surface area contributed by atoms with E-state index < -0.39 is 47.9 Å². The molecule has 210 valence electrons. The molecule has 2 aliphatic rings. The van der Waals surface area contributed by atoms with Crippen molar-refractivity contribution in [2.24, 2.45) is 17.8 Å². The molecule has 1 saturated heterocycles. The topological polar surface area (TPSA) is 101 Å². The van der Waals surface area contributed by atoms with Crippen LogP contribution in [0.3, 0.4) is 0 Å². The lowest BCUT2D eigenvalue weighted by Gasteiger charge is -2.30. The number of ketones is 1. The van der Waals surface area contributed by atoms with Crippen molar-refractivity contribution >= 4 is 57.0 Å². The Bertz CT molecular complexity index is 1520. The summed E-state index contributed by atoms with van der Waals surface area (Å²) in [5, 5.41) is 1.90. The van der Waals surface area contributed by atoms with Crippen molar-refractivity contribution in [1.82, 2.24) is 10.0 Å². The average molecular weight is 638 g/mol. The lowest BCUT2D eigenvalue weighted by atomic mass is 9.76. The Kier molecular flexibility index (Phi) is 8.37. The molecule has 3 amide bonds. The number of hydrazine groups is 1. The lowest BCUT2D eigenvalue weighted by molar-refractivity contribution is -0.154. The number of hydrogen-bond acceptors (Lipinski definition) is 6. The van der Waals surface area contributed by atoms with Crippen LogP contribution < -0.4 is 4.74 Å². The molecule has 0 N–H and O–H groups in total. The number of nitrogens with zero attached hydrogens (tertiary/aromatic N) is 2. The molecule has 0 radical (unpaired) electrons. The first-order chi connectivity index (χ1) is 19.6. The Balaban J connectivity index is 1.38. The van der Waals surface area contributed by atoms with Crippen LogP contribution in [0.25, 0.3) is 0 Å². The number of Topliss-reactive ketones (excluding diaryl/α,β-unsaturated/α-hetero) is 1. The number of carbonyl (C=O) groups is 5. The van der Waals surface area contributed by atoms with Crippen LogP contribution in [0.5, 0.6) is 5.75 Å². The second kappa shape index (κ2) is 12.0. The van der Waals surface area contributed by atoms with Gasteiger partial charge in [0.05, 0.1) is 28.0 Å². The van der Waals surface area contributed by atoms with E-state index in [9.17, 15) is 24.0 Å². The summed E-state index contributed by atoms with van der Waals surface area (Å²) in [5.41, 5.74) is 0.633. The van der Waals surface area contributed by atoms with Gasteiger partial charge in [0.25, 0.3) is 17.7 Å². The van der Waals surface area contributed by atoms with Gasteiger partial charge in [-0.1, -0.05) is 46.6 Å². The first kappa shape index (κ1) is 28.7. The third-order valence-electron chi connectivity index (χ3n) is 7.50. The predicted molar refractivity (Wildman–Crippen MR) is 154 cm³/mol. The van der Waals surface area contributed by atoms with Gasteiger partial charge in [-0.15, -0.1) is 0 Å². The van der Waals surface area contributed by atoms with Crippen molar-refractivity contribution in [2.45, 2.75) is 26.2 Å². The standard InChI is InChI=1S/C31H26BrClN2O6/c1-18-6-15-23-25(16-18)30(39)35(29(23)38)34(28(37)24-4-2-3-5-26(24)33)17-27(36)19-9-13-22(14-10-19)41-31(40)20-7-11-21(32)12-8-20/h2-5,7-14,18,23,25H,6,15-17H2,1H3/t18-,23+,25+/m1/s1. The number of benzene rings is 3. The number of carbonyl (C=O) groups excluding carboxylic acids is 5. The smallest absolute Gasteiger partial charge is 0.343 e. The Hall–Kier alpha value is -3.82. The SMILES string of the molecule is C[C@@H]1CC[C@@H]2C(=O)N(N(CC(=O)c3ccc(OC(=O)c4ccc(Br)cc4)cc3)C(=O)c3ccccc3Cl)C(=O)[C@H]2C1. The van der Waals surface area contributed by atoms with E-state index >= 15 is 0 Å². The van der Waals surface area contributed by atoms with Gasteiger partial charge >= 0.3 is 5.97 Å². The van der Waals surface area contributed by atoms with Gasteiger partial charge in [0.15, 0.2) is 5.78 Å². The number of rotatable bonds is 7. The van der Waals surface area contributed by atoms with Crippen molar-refractivity contribution in [1.29, 1.82) is 0 Å². The molecule has 1 aliphatic heterocycles. The average Bonchev–Trinajstić information content (AvgIpc) is 3.20. The highest BCUT2D eigenvalue weighted by Gasteiger charge is 2.53. The molecule has 5 rings (SSSR count). The molecule has 41 heavy (non-hydrogen) atoms. The van der Waals surface area contributed by atoms with Gasteiger partial charge in [0.1, 0.15) is 12.3 Å². The highest BCUT2D eigenvalue weighted by molar-refractivity contribution is 9.10. The zero-order valence-corrected chi connectivity index (χ0v) is 24.4. The van der Waals surface area contributed by atoms with Gasteiger partial charge in [0.2, 0.25) is 0 Å². The molecule has 3 aromatic carbocycles. The number of imide groups is 1. The fourth-order valence-electron chi connectivity index (χ4n) is 5.31. The van der Waals surface area contributed by atoms with Crippen LogP contribution >= 0.6 is 27.5 Å². The Morgan fingerprint density at radius 1 is 0.902 bits per heavy atom. The minimum absolute atomic E-state index is 0.0704. The Morgan fingerprint density at radius 3 is 2.22 bits per heavy atom. The third kappa shape index (κ3) is 5.96. The fourth-order valence-corrected chi connectivity index (χ4v) is 5.79. The summed E-state index contributed by atoms with van der Waals surface area (Å²) in [6, 6.07) is 18.8. The number of amides is 3. The van der Waals surface area contributed by atoms with Crippen LogP contribution in [0.4, 0.5) is 0 Å². The van der Waals surface area contributed by atoms with E-state index in [1.165, 1.54) is 36.4 Å². The van der Waals surface area contributed by atoms with E-state index in [0.29, 0.717) is 18.4 Å². The van der Waals surface area contributed by atoms with Crippen LogP contribution in [-0.4, -0.2) is 46.0 Å². The van der Waals surface area contributed by atoms with Gasteiger partial charge in [-0.05, 0) is 85.8 Å². The molecule has 1 heterocycles. The zero-order valence-electron chi connectivity index (χ0n) is 22.1. The van der Waals surface area contributed by atoms with Crippen molar-refractivity contribution in [3.05, 3.63) is 99.0 Å². The first-order valence-electron chi connectivity index (χ1n) is 13.2. The summed E-state index contributed by atoms with van der Waals surface area (Å²) in [7, 11) is 0. The number of ether oxygens (including phenoxy) is 1. The number of fused-ring (bicyclic) bond motifs is 1. The normalized spacial score (nSPS) is 20.0. The van der Waals surface area contributed by atoms with Crippen LogP contribution in [0.15, 0.2) is 77.3 Å². The van der Waals surface area contributed by atoms with Crippen molar-refractivity contribution in [3.63, 3.8) is 0 Å². The van der Waals surface area contributed by atoms with Crippen molar-refractivity contribution in [3.8, 4) is 5.75 Å². The van der Waals surface area contributed by atoms with E-state index in [0.717, 1.165) is 20.9 Å². The lowest BCUT2D eigenvalue weighted by Crippen LogP contribution is -2.52. The Labute approximate surface area is 250 Å². The van der Waals surface area contributed by atoms with E-state index in [2.05, 4.69) is 15.9 Å².